The van der Waals surface area contributed by atoms with Crippen molar-refractivity contribution < 1.29 is 0 Å². The maximum Gasteiger partial charge on any atom is 0.0889 e. The van der Waals surface area contributed by atoms with Crippen LogP contribution in [-0.2, 0) is 0 Å². The first-order chi connectivity index (χ1) is 4.18. The van der Waals surface area contributed by atoms with Gasteiger partial charge < -0.3 is 22.9 Å². The highest BCUT2D eigenvalue weighted by molar-refractivity contribution is 4.84. The molecule has 0 heterocycles. The largest absolute Gasteiger partial charge is 0.386 e. The molecule has 4 heteroatoms. The lowest BCUT2D eigenvalue weighted by atomic mass is 10.6. The van der Waals surface area contributed by atoms with Gasteiger partial charge in [0.15, 0.2) is 0 Å². The van der Waals surface area contributed by atoms with Crippen molar-refractivity contribution in [1.29, 1.82) is 0 Å². The summed E-state index contributed by atoms with van der Waals surface area (Å²) in [6.45, 7) is 2.98. The molecule has 0 aromatic heterocycles. The van der Waals surface area contributed by atoms with Gasteiger partial charge in [-0.15, -0.1) is 0 Å². The van der Waals surface area contributed by atoms with Crippen molar-refractivity contribution >= 4 is 0 Å². The fraction of sp³-hybridized carbons (Fsp3) is 0.600. The Balaban J connectivity index is 0. The van der Waals surface area contributed by atoms with Gasteiger partial charge >= 0.3 is 0 Å². The predicted molar refractivity (Wildman–Crippen MR) is 40.2 cm³/mol. The van der Waals surface area contributed by atoms with Gasteiger partial charge in [0, 0.05) is 13.1 Å². The summed E-state index contributed by atoms with van der Waals surface area (Å²) in [6, 6.07) is 0. The predicted octanol–water partition coefficient (Wildman–Crippen LogP) is -1.33. The summed E-state index contributed by atoms with van der Waals surface area (Å²) in [6.07, 6.45) is 1.64. The zero-order valence-corrected chi connectivity index (χ0v) is 5.80. The van der Waals surface area contributed by atoms with Crippen LogP contribution in [0.4, 0.5) is 0 Å². The van der Waals surface area contributed by atoms with Crippen LogP contribution in [0.5, 0.6) is 0 Å². The summed E-state index contributed by atoms with van der Waals surface area (Å²) in [7, 11) is 0. The molecule has 8 N–H and O–H groups in total. The molecule has 0 aromatic carbocycles. The third-order valence-corrected chi connectivity index (χ3v) is 0.500. The molecule has 0 fully saturated rings. The minimum Gasteiger partial charge on any atom is -0.386 e. The van der Waals surface area contributed by atoms with E-state index in [-0.39, 0.29) is 0 Å². The zero-order chi connectivity index (χ0) is 7.70. The molecule has 0 aromatic rings. The normalized spacial score (nSPS) is 7.00. The molecule has 0 aliphatic carbocycles. The Morgan fingerprint density at radius 2 is 1.44 bits per heavy atom. The highest BCUT2D eigenvalue weighted by atomic mass is 14.8. The molecule has 0 radical (unpaired) electrons. The van der Waals surface area contributed by atoms with E-state index in [1.807, 2.05) is 0 Å². The van der Waals surface area contributed by atoms with Crippen LogP contribution in [0, 0.1) is 0 Å². The molecule has 0 unspecified atom stereocenters. The molecule has 0 aliphatic rings. The van der Waals surface area contributed by atoms with Gasteiger partial charge in [0.05, 0.1) is 5.82 Å². The molecule has 0 rings (SSSR count). The molecule has 0 saturated carbocycles. The molecule has 0 amide bonds. The summed E-state index contributed by atoms with van der Waals surface area (Å²) >= 11 is 0. The Kier molecular flexibility index (Phi) is 12.7. The monoisotopic (exact) mass is 132 g/mol. The number of hydrogen-bond donors (Lipinski definition) is 4. The van der Waals surface area contributed by atoms with Gasteiger partial charge in [-0.1, -0.05) is 0 Å². The van der Waals surface area contributed by atoms with Crippen molar-refractivity contribution in [2.45, 2.75) is 6.92 Å². The van der Waals surface area contributed by atoms with Crippen molar-refractivity contribution in [2.75, 3.05) is 13.1 Å². The first-order valence-corrected chi connectivity index (χ1v) is 2.76. The molecule has 0 bridgehead atoms. The Hall–Kier alpha value is -0.740. The number of nitrogens with two attached hydrogens (primary N) is 4. The summed E-state index contributed by atoms with van der Waals surface area (Å²) in [5, 5.41) is 0. The van der Waals surface area contributed by atoms with E-state index in [4.69, 9.17) is 22.9 Å². The quantitative estimate of drug-likeness (QED) is 0.355. The fourth-order valence-corrected chi connectivity index (χ4v) is 0. The van der Waals surface area contributed by atoms with Crippen LogP contribution in [0.2, 0.25) is 0 Å². The summed E-state index contributed by atoms with van der Waals surface area (Å²) < 4.78 is 0. The maximum atomic E-state index is 4.93. The van der Waals surface area contributed by atoms with E-state index in [0.29, 0.717) is 18.9 Å². The lowest BCUT2D eigenvalue weighted by molar-refractivity contribution is 0.976. The molecule has 0 saturated heterocycles. The minimum atomic E-state index is 0.380. The van der Waals surface area contributed by atoms with E-state index in [0.717, 1.165) is 0 Å². The third kappa shape index (κ3) is 39.3. The van der Waals surface area contributed by atoms with E-state index in [2.05, 4.69) is 0 Å². The van der Waals surface area contributed by atoms with E-state index in [1.165, 1.54) is 0 Å². The standard InChI is InChI=1S/C3H8N2.C2H8N2/c1-2-3(4)5;3-1-2-4/h2H,4-5H2,1H3;1-4H2. The fourth-order valence-electron chi connectivity index (χ4n) is 0. The Morgan fingerprint density at radius 3 is 1.44 bits per heavy atom. The first kappa shape index (κ1) is 11.1. The molecule has 0 atom stereocenters. The smallest absolute Gasteiger partial charge is 0.0889 e. The molecule has 56 valence electrons. The second-order valence-corrected chi connectivity index (χ2v) is 1.37. The summed E-state index contributed by atoms with van der Waals surface area (Å²) in [5.74, 6) is 0.380. The van der Waals surface area contributed by atoms with Crippen LogP contribution in [0.1, 0.15) is 6.92 Å². The van der Waals surface area contributed by atoms with Crippen molar-refractivity contribution in [1.82, 2.24) is 0 Å². The van der Waals surface area contributed by atoms with E-state index >= 15 is 0 Å². The molecule has 4 nitrogen and oxygen atoms in total. The Bertz CT molecular complexity index is 63.4. The van der Waals surface area contributed by atoms with Crippen molar-refractivity contribution in [3.05, 3.63) is 11.9 Å². The zero-order valence-electron chi connectivity index (χ0n) is 5.80. The SMILES string of the molecule is CC=C(N)N.NCCN. The van der Waals surface area contributed by atoms with Crippen molar-refractivity contribution in [2.24, 2.45) is 22.9 Å². The highest BCUT2D eigenvalue weighted by Gasteiger charge is 1.59. The van der Waals surface area contributed by atoms with Gasteiger partial charge in [-0.3, -0.25) is 0 Å². The summed E-state index contributed by atoms with van der Waals surface area (Å²) in [5.41, 5.74) is 19.7. The van der Waals surface area contributed by atoms with Crippen LogP contribution in [0.3, 0.4) is 0 Å². The Morgan fingerprint density at radius 1 is 1.22 bits per heavy atom. The second-order valence-electron chi connectivity index (χ2n) is 1.37. The van der Waals surface area contributed by atoms with Gasteiger partial charge in [0.2, 0.25) is 0 Å². The molecule has 9 heavy (non-hydrogen) atoms. The number of hydrogen-bond acceptors (Lipinski definition) is 4. The molecule has 0 spiro atoms. The van der Waals surface area contributed by atoms with E-state index in [1.54, 1.807) is 13.0 Å². The summed E-state index contributed by atoms with van der Waals surface area (Å²) in [4.78, 5) is 0. The molecular formula is C5H16N4. The second kappa shape index (κ2) is 10.3. The van der Waals surface area contributed by atoms with Crippen LogP contribution in [0.15, 0.2) is 11.9 Å². The minimum absolute atomic E-state index is 0.380. The molecule has 0 aliphatic heterocycles. The van der Waals surface area contributed by atoms with Crippen LogP contribution < -0.4 is 22.9 Å². The van der Waals surface area contributed by atoms with Crippen LogP contribution in [-0.4, -0.2) is 13.1 Å². The average molecular weight is 132 g/mol. The van der Waals surface area contributed by atoms with E-state index < -0.39 is 0 Å². The highest BCUT2D eigenvalue weighted by Crippen LogP contribution is 1.59. The molecular weight excluding hydrogens is 116 g/mol. The average Bonchev–Trinajstić information content (AvgIpc) is 1.89. The number of rotatable bonds is 1. The van der Waals surface area contributed by atoms with Crippen molar-refractivity contribution in [3.8, 4) is 0 Å². The third-order valence-electron chi connectivity index (χ3n) is 0.500. The van der Waals surface area contributed by atoms with Gasteiger partial charge in [-0.05, 0) is 13.0 Å². The Labute approximate surface area is 55.9 Å². The maximum absolute atomic E-state index is 4.93. The topological polar surface area (TPSA) is 104 Å². The van der Waals surface area contributed by atoms with Crippen LogP contribution in [0.25, 0.3) is 0 Å². The van der Waals surface area contributed by atoms with Crippen molar-refractivity contribution in [3.63, 3.8) is 0 Å². The van der Waals surface area contributed by atoms with Crippen LogP contribution >= 0.6 is 0 Å². The lowest BCUT2D eigenvalue weighted by Gasteiger charge is -1.78. The van der Waals surface area contributed by atoms with Gasteiger partial charge in [-0.25, -0.2) is 0 Å². The lowest BCUT2D eigenvalue weighted by Crippen LogP contribution is -2.11. The van der Waals surface area contributed by atoms with Gasteiger partial charge in [0.1, 0.15) is 0 Å². The first-order valence-electron chi connectivity index (χ1n) is 2.76. The van der Waals surface area contributed by atoms with E-state index in [9.17, 15) is 0 Å². The number of allylic oxidation sites excluding steroid dienone is 1. The van der Waals surface area contributed by atoms with Gasteiger partial charge in [0.25, 0.3) is 0 Å². The van der Waals surface area contributed by atoms with Gasteiger partial charge in [-0.2, -0.15) is 0 Å².